The van der Waals surface area contributed by atoms with Gasteiger partial charge in [-0.2, -0.15) is 0 Å². The van der Waals surface area contributed by atoms with Gasteiger partial charge in [0.2, 0.25) is 0 Å². The minimum Gasteiger partial charge on any atom is -0.463 e. The molecule has 0 aliphatic carbocycles. The van der Waals surface area contributed by atoms with Gasteiger partial charge in [0.15, 0.2) is 22.8 Å². The largest absolute Gasteiger partial charge is 0.463 e. The summed E-state index contributed by atoms with van der Waals surface area (Å²) >= 11 is 6.25. The van der Waals surface area contributed by atoms with E-state index >= 15 is 0 Å². The standard InChI is InChI=1S/C17H21ClN4O5/c1-5-10-20-14(18)11-15(21-10)22(7-19-11)16-13-12(26-17(3,4)27-13)9(25-16)6-24-8(2)23/h7,9,12-13,16H,5-6H2,1-4H3/t9-,12-,13-,16-/m1/s1. The van der Waals surface area contributed by atoms with E-state index in [2.05, 4.69) is 15.0 Å². The average Bonchev–Trinajstić information content (AvgIpc) is 3.24. The fourth-order valence-corrected chi connectivity index (χ4v) is 3.72. The second-order valence-electron chi connectivity index (χ2n) is 7.04. The van der Waals surface area contributed by atoms with Gasteiger partial charge in [0.05, 0.1) is 6.33 Å². The Morgan fingerprint density at radius 3 is 2.78 bits per heavy atom. The van der Waals surface area contributed by atoms with Crippen LogP contribution in [0.2, 0.25) is 5.15 Å². The summed E-state index contributed by atoms with van der Waals surface area (Å²) in [5.41, 5.74) is 1.06. The summed E-state index contributed by atoms with van der Waals surface area (Å²) in [6.07, 6.45) is 0.445. The number of halogens is 1. The lowest BCUT2D eigenvalue weighted by atomic mass is 10.1. The van der Waals surface area contributed by atoms with Crippen LogP contribution in [0.3, 0.4) is 0 Å². The van der Waals surface area contributed by atoms with Gasteiger partial charge in [-0.3, -0.25) is 9.36 Å². The maximum atomic E-state index is 11.2. The van der Waals surface area contributed by atoms with Crippen molar-refractivity contribution in [2.75, 3.05) is 6.61 Å². The van der Waals surface area contributed by atoms with Crippen LogP contribution in [0.25, 0.3) is 11.2 Å². The summed E-state index contributed by atoms with van der Waals surface area (Å²) < 4.78 is 25.1. The maximum absolute atomic E-state index is 11.2. The van der Waals surface area contributed by atoms with Crippen LogP contribution in [0.1, 0.15) is 39.7 Å². The summed E-state index contributed by atoms with van der Waals surface area (Å²) in [6, 6.07) is 0. The van der Waals surface area contributed by atoms with E-state index < -0.39 is 24.2 Å². The summed E-state index contributed by atoms with van der Waals surface area (Å²) in [6.45, 7) is 7.06. The molecule has 2 aromatic rings. The molecule has 4 rings (SSSR count). The van der Waals surface area contributed by atoms with Crippen molar-refractivity contribution in [2.45, 2.75) is 64.4 Å². The number of aromatic nitrogens is 4. The van der Waals surface area contributed by atoms with Crippen molar-refractivity contribution in [3.05, 3.63) is 17.3 Å². The first-order chi connectivity index (χ1) is 12.8. The van der Waals surface area contributed by atoms with Crippen LogP contribution in [0, 0.1) is 0 Å². The molecule has 4 heterocycles. The molecule has 0 saturated carbocycles. The number of aryl methyl sites for hydroxylation is 1. The van der Waals surface area contributed by atoms with Gasteiger partial charge in [0.25, 0.3) is 0 Å². The second-order valence-corrected chi connectivity index (χ2v) is 7.40. The predicted octanol–water partition coefficient (Wildman–Crippen LogP) is 2.02. The van der Waals surface area contributed by atoms with Gasteiger partial charge in [0.1, 0.15) is 36.3 Å². The summed E-state index contributed by atoms with van der Waals surface area (Å²) in [4.78, 5) is 24.3. The van der Waals surface area contributed by atoms with Crippen molar-refractivity contribution in [1.29, 1.82) is 0 Å². The van der Waals surface area contributed by atoms with E-state index in [1.807, 2.05) is 20.8 Å². The number of esters is 1. The molecule has 9 nitrogen and oxygen atoms in total. The van der Waals surface area contributed by atoms with E-state index in [1.54, 1.807) is 10.9 Å². The van der Waals surface area contributed by atoms with Gasteiger partial charge in [0, 0.05) is 13.3 Å². The van der Waals surface area contributed by atoms with E-state index in [4.69, 9.17) is 30.5 Å². The topological polar surface area (TPSA) is 97.6 Å². The molecule has 2 saturated heterocycles. The highest BCUT2D eigenvalue weighted by Crippen LogP contribution is 2.44. The average molecular weight is 397 g/mol. The molecule has 2 aliphatic rings. The van der Waals surface area contributed by atoms with Gasteiger partial charge in [-0.05, 0) is 13.8 Å². The van der Waals surface area contributed by atoms with Crippen LogP contribution in [0.4, 0.5) is 0 Å². The molecule has 0 aromatic carbocycles. The van der Waals surface area contributed by atoms with E-state index in [0.29, 0.717) is 28.6 Å². The number of hydrogen-bond donors (Lipinski definition) is 0. The zero-order valence-electron chi connectivity index (χ0n) is 15.5. The third-order valence-electron chi connectivity index (χ3n) is 4.59. The number of carbonyl (C=O) groups is 1. The van der Waals surface area contributed by atoms with Crippen molar-refractivity contribution in [2.24, 2.45) is 0 Å². The Kier molecular flexibility index (Phi) is 4.58. The number of hydrogen-bond acceptors (Lipinski definition) is 8. The van der Waals surface area contributed by atoms with Gasteiger partial charge in [-0.1, -0.05) is 18.5 Å². The number of carbonyl (C=O) groups excluding carboxylic acids is 1. The molecule has 0 spiro atoms. The smallest absolute Gasteiger partial charge is 0.302 e. The van der Waals surface area contributed by atoms with Gasteiger partial charge in [-0.25, -0.2) is 15.0 Å². The Morgan fingerprint density at radius 2 is 2.07 bits per heavy atom. The van der Waals surface area contributed by atoms with Gasteiger partial charge in [-0.15, -0.1) is 0 Å². The number of rotatable bonds is 4. The van der Waals surface area contributed by atoms with Crippen LogP contribution in [0.15, 0.2) is 6.33 Å². The molecule has 0 N–H and O–H groups in total. The highest BCUT2D eigenvalue weighted by molar-refractivity contribution is 6.33. The number of fused-ring (bicyclic) bond motifs is 2. The lowest BCUT2D eigenvalue weighted by Crippen LogP contribution is -2.33. The van der Waals surface area contributed by atoms with Crippen LogP contribution in [-0.2, 0) is 30.2 Å². The highest BCUT2D eigenvalue weighted by atomic mass is 35.5. The van der Waals surface area contributed by atoms with Crippen molar-refractivity contribution in [3.8, 4) is 0 Å². The minimum absolute atomic E-state index is 0.0784. The molecule has 146 valence electrons. The first kappa shape index (κ1) is 18.5. The lowest BCUT2D eigenvalue weighted by Gasteiger charge is -2.24. The van der Waals surface area contributed by atoms with Crippen LogP contribution in [-0.4, -0.2) is 56.2 Å². The van der Waals surface area contributed by atoms with Crippen LogP contribution < -0.4 is 0 Å². The molecular formula is C17H21ClN4O5. The molecule has 0 radical (unpaired) electrons. The summed E-state index contributed by atoms with van der Waals surface area (Å²) in [5.74, 6) is -0.537. The Hall–Kier alpha value is -1.81. The first-order valence-corrected chi connectivity index (χ1v) is 9.20. The summed E-state index contributed by atoms with van der Waals surface area (Å²) in [7, 11) is 0. The van der Waals surface area contributed by atoms with E-state index in [9.17, 15) is 4.79 Å². The Bertz CT molecular complexity index is 886. The number of ether oxygens (including phenoxy) is 4. The predicted molar refractivity (Wildman–Crippen MR) is 94.1 cm³/mol. The molecule has 2 fully saturated rings. The summed E-state index contributed by atoms with van der Waals surface area (Å²) in [5, 5.41) is 0.297. The normalized spacial score (nSPS) is 29.2. The van der Waals surface area contributed by atoms with Crippen molar-refractivity contribution in [1.82, 2.24) is 19.5 Å². The fraction of sp³-hybridized carbons (Fsp3) is 0.647. The lowest BCUT2D eigenvalue weighted by molar-refractivity contribution is -0.201. The molecule has 4 atom stereocenters. The molecule has 0 amide bonds. The molecule has 10 heteroatoms. The van der Waals surface area contributed by atoms with Gasteiger partial charge < -0.3 is 18.9 Å². The van der Waals surface area contributed by atoms with Crippen LogP contribution >= 0.6 is 11.6 Å². The third-order valence-corrected chi connectivity index (χ3v) is 4.86. The van der Waals surface area contributed by atoms with Crippen molar-refractivity contribution < 1.29 is 23.7 Å². The fourth-order valence-electron chi connectivity index (χ4n) is 3.49. The highest BCUT2D eigenvalue weighted by Gasteiger charge is 2.56. The second kappa shape index (κ2) is 6.66. The molecule has 0 bridgehead atoms. The molecular weight excluding hydrogens is 376 g/mol. The maximum Gasteiger partial charge on any atom is 0.302 e. The molecule has 2 aromatic heterocycles. The number of imidazole rings is 1. The Balaban J connectivity index is 1.71. The number of nitrogens with zero attached hydrogens (tertiary/aromatic N) is 4. The zero-order valence-corrected chi connectivity index (χ0v) is 16.3. The van der Waals surface area contributed by atoms with E-state index in [1.165, 1.54) is 6.92 Å². The third kappa shape index (κ3) is 3.29. The zero-order chi connectivity index (χ0) is 19.3. The SMILES string of the molecule is CCc1nc(Cl)c2ncn([C@@H]3O[C@H](COC(C)=O)[C@H]4OC(C)(C)O[C@H]43)c2n1. The minimum atomic E-state index is -0.774. The Labute approximate surface area is 160 Å². The van der Waals surface area contributed by atoms with E-state index in [-0.39, 0.29) is 18.7 Å². The first-order valence-electron chi connectivity index (χ1n) is 8.82. The quantitative estimate of drug-likeness (QED) is 0.572. The van der Waals surface area contributed by atoms with E-state index in [0.717, 1.165) is 0 Å². The molecule has 0 unspecified atom stereocenters. The van der Waals surface area contributed by atoms with Crippen LogP contribution in [0.5, 0.6) is 0 Å². The van der Waals surface area contributed by atoms with Gasteiger partial charge >= 0.3 is 5.97 Å². The Morgan fingerprint density at radius 1 is 1.33 bits per heavy atom. The van der Waals surface area contributed by atoms with Crippen molar-refractivity contribution >= 4 is 28.7 Å². The molecule has 27 heavy (non-hydrogen) atoms. The monoisotopic (exact) mass is 396 g/mol. The van der Waals surface area contributed by atoms with Crippen molar-refractivity contribution in [3.63, 3.8) is 0 Å². The molecule has 2 aliphatic heterocycles.